The fourth-order valence-electron chi connectivity index (χ4n) is 2.64. The minimum atomic E-state index is -0.727. The van der Waals surface area contributed by atoms with Crippen LogP contribution >= 0.6 is 11.3 Å². The Morgan fingerprint density at radius 1 is 1.35 bits per heavy atom. The normalized spacial score (nSPS) is 22.0. The first-order valence-electron chi connectivity index (χ1n) is 7.11. The summed E-state index contributed by atoms with van der Waals surface area (Å²) in [5, 5.41) is 4.95. The number of thiophene rings is 1. The Balaban J connectivity index is 2.31. The molecule has 1 atom stereocenters. The lowest BCUT2D eigenvalue weighted by atomic mass is 9.87. The molecule has 110 valence electrons. The molecule has 0 aliphatic carbocycles. The van der Waals surface area contributed by atoms with Crippen molar-refractivity contribution in [2.24, 2.45) is 0 Å². The van der Waals surface area contributed by atoms with Gasteiger partial charge in [0.1, 0.15) is 11.6 Å². The van der Waals surface area contributed by atoms with Gasteiger partial charge in [0.2, 0.25) is 11.8 Å². The maximum atomic E-state index is 12.8. The zero-order valence-corrected chi connectivity index (χ0v) is 13.3. The second-order valence-corrected chi connectivity index (χ2v) is 6.41. The third kappa shape index (κ3) is 2.35. The van der Waals surface area contributed by atoms with E-state index in [-0.39, 0.29) is 11.8 Å². The molecular formula is C15H22N2O2S. The molecule has 20 heavy (non-hydrogen) atoms. The smallest absolute Gasteiger partial charge is 0.249 e. The molecule has 0 bridgehead atoms. The highest BCUT2D eigenvalue weighted by Crippen LogP contribution is 2.28. The summed E-state index contributed by atoms with van der Waals surface area (Å²) in [7, 11) is 0. The predicted octanol–water partition coefficient (Wildman–Crippen LogP) is 2.46. The molecule has 1 saturated heterocycles. The summed E-state index contributed by atoms with van der Waals surface area (Å²) in [6, 6.07) is 1.64. The number of hydrogen-bond donors (Lipinski definition) is 1. The Morgan fingerprint density at radius 2 is 2.00 bits per heavy atom. The molecule has 1 unspecified atom stereocenters. The van der Waals surface area contributed by atoms with Gasteiger partial charge in [-0.2, -0.15) is 0 Å². The van der Waals surface area contributed by atoms with E-state index in [9.17, 15) is 9.59 Å². The van der Waals surface area contributed by atoms with Gasteiger partial charge in [0.15, 0.2) is 0 Å². The molecule has 1 N–H and O–H groups in total. The minimum absolute atomic E-state index is 0.0439. The molecular weight excluding hydrogens is 272 g/mol. The van der Waals surface area contributed by atoms with E-state index in [0.29, 0.717) is 19.4 Å². The third-order valence-corrected chi connectivity index (χ3v) is 5.38. The summed E-state index contributed by atoms with van der Waals surface area (Å²) in [6.45, 7) is 8.26. The van der Waals surface area contributed by atoms with Crippen molar-refractivity contribution in [1.29, 1.82) is 0 Å². The molecule has 1 aromatic rings. The molecule has 5 heteroatoms. The maximum Gasteiger partial charge on any atom is 0.249 e. The van der Waals surface area contributed by atoms with E-state index >= 15 is 0 Å². The van der Waals surface area contributed by atoms with E-state index in [1.165, 1.54) is 5.56 Å². The van der Waals surface area contributed by atoms with Crippen molar-refractivity contribution < 1.29 is 9.59 Å². The third-order valence-electron chi connectivity index (χ3n) is 4.37. The van der Waals surface area contributed by atoms with Gasteiger partial charge in [-0.05, 0) is 43.7 Å². The SMILES string of the molecule is CCC1(CC)NC(=O)C(C)N(Cc2sccc2C)C1=O. The summed E-state index contributed by atoms with van der Waals surface area (Å²) >= 11 is 1.64. The number of piperazine rings is 1. The van der Waals surface area contributed by atoms with E-state index in [1.807, 2.05) is 32.2 Å². The average molecular weight is 294 g/mol. The number of rotatable bonds is 4. The number of nitrogens with zero attached hydrogens (tertiary/aromatic N) is 1. The molecule has 0 radical (unpaired) electrons. The first-order valence-corrected chi connectivity index (χ1v) is 7.99. The van der Waals surface area contributed by atoms with Gasteiger partial charge in [0, 0.05) is 4.88 Å². The first-order chi connectivity index (χ1) is 9.45. The van der Waals surface area contributed by atoms with E-state index < -0.39 is 11.6 Å². The molecule has 2 heterocycles. The Bertz CT molecular complexity index is 520. The molecule has 2 amide bonds. The van der Waals surface area contributed by atoms with Crippen LogP contribution in [0.4, 0.5) is 0 Å². The van der Waals surface area contributed by atoms with Crippen molar-refractivity contribution in [3.05, 3.63) is 21.9 Å². The van der Waals surface area contributed by atoms with Crippen LogP contribution in [0.2, 0.25) is 0 Å². The molecule has 0 spiro atoms. The zero-order valence-electron chi connectivity index (χ0n) is 12.5. The van der Waals surface area contributed by atoms with Crippen molar-refractivity contribution in [2.75, 3.05) is 0 Å². The van der Waals surface area contributed by atoms with E-state index in [1.54, 1.807) is 23.2 Å². The Labute approximate surface area is 124 Å². The van der Waals surface area contributed by atoms with Crippen LogP contribution in [0.3, 0.4) is 0 Å². The molecule has 1 aromatic heterocycles. The predicted molar refractivity (Wildman–Crippen MR) is 80.5 cm³/mol. The topological polar surface area (TPSA) is 49.4 Å². The summed E-state index contributed by atoms with van der Waals surface area (Å²) in [5.41, 5.74) is 0.453. The number of carbonyl (C=O) groups excluding carboxylic acids is 2. The van der Waals surface area contributed by atoms with Gasteiger partial charge in [-0.15, -0.1) is 11.3 Å². The number of carbonyl (C=O) groups is 2. The summed E-state index contributed by atoms with van der Waals surface area (Å²) < 4.78 is 0. The van der Waals surface area contributed by atoms with Crippen LogP contribution in [0.15, 0.2) is 11.4 Å². The van der Waals surface area contributed by atoms with E-state index in [2.05, 4.69) is 5.32 Å². The van der Waals surface area contributed by atoms with Crippen molar-refractivity contribution in [1.82, 2.24) is 10.2 Å². The maximum absolute atomic E-state index is 12.8. The van der Waals surface area contributed by atoms with Gasteiger partial charge < -0.3 is 10.2 Å². The fraction of sp³-hybridized carbons (Fsp3) is 0.600. The highest BCUT2D eigenvalue weighted by molar-refractivity contribution is 7.10. The average Bonchev–Trinajstić information content (AvgIpc) is 2.84. The molecule has 1 aliphatic rings. The number of nitrogens with one attached hydrogen (secondary N) is 1. The first kappa shape index (κ1) is 15.0. The lowest BCUT2D eigenvalue weighted by Crippen LogP contribution is -2.69. The molecule has 2 rings (SSSR count). The van der Waals surface area contributed by atoms with E-state index in [0.717, 1.165) is 4.88 Å². The van der Waals surface area contributed by atoms with Crippen LogP contribution in [0.25, 0.3) is 0 Å². The highest BCUT2D eigenvalue weighted by Gasteiger charge is 2.47. The summed E-state index contributed by atoms with van der Waals surface area (Å²) in [6.07, 6.45) is 1.25. The van der Waals surface area contributed by atoms with Crippen molar-refractivity contribution in [2.45, 2.75) is 58.7 Å². The quantitative estimate of drug-likeness (QED) is 0.927. The lowest BCUT2D eigenvalue weighted by molar-refractivity contribution is -0.155. The zero-order chi connectivity index (χ0) is 14.9. The Kier molecular flexibility index (Phi) is 4.18. The number of hydrogen-bond acceptors (Lipinski definition) is 3. The minimum Gasteiger partial charge on any atom is -0.340 e. The van der Waals surface area contributed by atoms with Gasteiger partial charge in [0.25, 0.3) is 0 Å². The van der Waals surface area contributed by atoms with Crippen LogP contribution in [-0.2, 0) is 16.1 Å². The molecule has 0 aromatic carbocycles. The van der Waals surface area contributed by atoms with Gasteiger partial charge in [-0.3, -0.25) is 9.59 Å². The summed E-state index contributed by atoms with van der Waals surface area (Å²) in [5.74, 6) is -0.00934. The lowest BCUT2D eigenvalue weighted by Gasteiger charge is -2.44. The standard InChI is InChI=1S/C15H22N2O2S/c1-5-15(6-2)14(19)17(11(4)13(18)16-15)9-12-10(3)7-8-20-12/h7-8,11H,5-6,9H2,1-4H3,(H,16,18). The van der Waals surface area contributed by atoms with Crippen LogP contribution in [0.1, 0.15) is 44.1 Å². The molecule has 0 saturated carbocycles. The fourth-order valence-corrected chi connectivity index (χ4v) is 3.55. The van der Waals surface area contributed by atoms with E-state index in [4.69, 9.17) is 0 Å². The molecule has 4 nitrogen and oxygen atoms in total. The number of aryl methyl sites for hydroxylation is 1. The van der Waals surface area contributed by atoms with Gasteiger partial charge in [-0.25, -0.2) is 0 Å². The van der Waals surface area contributed by atoms with Gasteiger partial charge >= 0.3 is 0 Å². The van der Waals surface area contributed by atoms with Crippen LogP contribution < -0.4 is 5.32 Å². The number of amides is 2. The van der Waals surface area contributed by atoms with Crippen molar-refractivity contribution >= 4 is 23.2 Å². The van der Waals surface area contributed by atoms with Crippen LogP contribution in [0, 0.1) is 6.92 Å². The second-order valence-electron chi connectivity index (χ2n) is 5.41. The largest absolute Gasteiger partial charge is 0.340 e. The molecule has 1 aliphatic heterocycles. The van der Waals surface area contributed by atoms with Crippen LogP contribution in [0.5, 0.6) is 0 Å². The van der Waals surface area contributed by atoms with Crippen molar-refractivity contribution in [3.8, 4) is 0 Å². The van der Waals surface area contributed by atoms with Gasteiger partial charge in [0.05, 0.1) is 6.54 Å². The van der Waals surface area contributed by atoms with Crippen molar-refractivity contribution in [3.63, 3.8) is 0 Å². The highest BCUT2D eigenvalue weighted by atomic mass is 32.1. The van der Waals surface area contributed by atoms with Gasteiger partial charge in [-0.1, -0.05) is 13.8 Å². The monoisotopic (exact) mass is 294 g/mol. The summed E-state index contributed by atoms with van der Waals surface area (Å²) in [4.78, 5) is 27.9. The molecule has 1 fully saturated rings. The van der Waals surface area contributed by atoms with Crippen LogP contribution in [-0.4, -0.2) is 28.3 Å². The Hall–Kier alpha value is -1.36. The Morgan fingerprint density at radius 3 is 2.50 bits per heavy atom. The second kappa shape index (κ2) is 5.56.